The van der Waals surface area contributed by atoms with Crippen LogP contribution in [0.25, 0.3) is 0 Å². The maximum Gasteiger partial charge on any atom is 0.213 e. The first-order valence-corrected chi connectivity index (χ1v) is 11.1. The number of aromatic nitrogens is 3. The Labute approximate surface area is 155 Å². The predicted molar refractivity (Wildman–Crippen MR) is 100 cm³/mol. The highest BCUT2D eigenvalue weighted by molar-refractivity contribution is 7.89. The zero-order valence-electron chi connectivity index (χ0n) is 15.3. The monoisotopic (exact) mass is 383 g/mol. The minimum absolute atomic E-state index is 0.00812. The number of rotatable bonds is 8. The number of aryl methyl sites for hydroxylation is 1. The number of guanidine groups is 1. The lowest BCUT2D eigenvalue weighted by atomic mass is 9.86. The summed E-state index contributed by atoms with van der Waals surface area (Å²) in [7, 11) is -3.26. The van der Waals surface area contributed by atoms with E-state index in [0.717, 1.165) is 44.6 Å². The Balaban J connectivity index is 1.47. The first-order chi connectivity index (χ1) is 12.6. The van der Waals surface area contributed by atoms with Crippen LogP contribution < -0.4 is 15.4 Å². The van der Waals surface area contributed by atoms with Gasteiger partial charge < -0.3 is 10.6 Å². The predicted octanol–water partition coefficient (Wildman–Crippen LogP) is -0.132. The van der Waals surface area contributed by atoms with E-state index in [0.29, 0.717) is 18.4 Å². The van der Waals surface area contributed by atoms with E-state index in [1.807, 2.05) is 11.6 Å². The van der Waals surface area contributed by atoms with Crippen molar-refractivity contribution in [3.63, 3.8) is 0 Å². The largest absolute Gasteiger partial charge is 0.357 e. The molecule has 2 aliphatic rings. The lowest BCUT2D eigenvalue weighted by molar-refractivity contribution is 0.316. The van der Waals surface area contributed by atoms with Gasteiger partial charge in [-0.2, -0.15) is 5.10 Å². The van der Waals surface area contributed by atoms with Gasteiger partial charge in [-0.25, -0.2) is 22.8 Å². The molecule has 2 heterocycles. The van der Waals surface area contributed by atoms with Crippen LogP contribution in [0, 0.1) is 5.92 Å². The van der Waals surface area contributed by atoms with Crippen molar-refractivity contribution in [3.05, 3.63) is 12.2 Å². The molecule has 0 bridgehead atoms. The van der Waals surface area contributed by atoms with Crippen molar-refractivity contribution in [2.24, 2.45) is 10.9 Å². The SMILES string of the molecule is CCNC(=NCCS(=O)(=O)NCC1CCC1)NC1CCc2ncnn2C1. The summed E-state index contributed by atoms with van der Waals surface area (Å²) in [6.45, 7) is 4.24. The van der Waals surface area contributed by atoms with E-state index in [-0.39, 0.29) is 18.3 Å². The third-order valence-electron chi connectivity index (χ3n) is 4.94. The molecule has 1 aromatic rings. The summed E-state index contributed by atoms with van der Waals surface area (Å²) in [5.41, 5.74) is 0. The molecular weight excluding hydrogens is 354 g/mol. The lowest BCUT2D eigenvalue weighted by Crippen LogP contribution is -2.47. The summed E-state index contributed by atoms with van der Waals surface area (Å²) in [6, 6.07) is 0.204. The number of sulfonamides is 1. The van der Waals surface area contributed by atoms with E-state index < -0.39 is 10.0 Å². The summed E-state index contributed by atoms with van der Waals surface area (Å²) in [5.74, 6) is 2.18. The van der Waals surface area contributed by atoms with Gasteiger partial charge in [0.15, 0.2) is 5.96 Å². The van der Waals surface area contributed by atoms with Crippen molar-refractivity contribution in [2.75, 3.05) is 25.4 Å². The van der Waals surface area contributed by atoms with Crippen LogP contribution in [0.15, 0.2) is 11.3 Å². The van der Waals surface area contributed by atoms with Gasteiger partial charge in [-0.05, 0) is 32.1 Å². The average Bonchev–Trinajstić information content (AvgIpc) is 3.01. The number of fused-ring (bicyclic) bond motifs is 1. The molecule has 1 fully saturated rings. The van der Waals surface area contributed by atoms with E-state index in [2.05, 4.69) is 30.4 Å². The van der Waals surface area contributed by atoms with E-state index >= 15 is 0 Å². The highest BCUT2D eigenvalue weighted by Crippen LogP contribution is 2.25. The van der Waals surface area contributed by atoms with Gasteiger partial charge in [-0.1, -0.05) is 6.42 Å². The molecule has 1 atom stereocenters. The normalized spacial score (nSPS) is 21.1. The molecule has 26 heavy (non-hydrogen) atoms. The van der Waals surface area contributed by atoms with E-state index in [1.54, 1.807) is 6.33 Å². The summed E-state index contributed by atoms with van der Waals surface area (Å²) in [5, 5.41) is 10.8. The van der Waals surface area contributed by atoms with Crippen LogP contribution in [0.4, 0.5) is 0 Å². The Morgan fingerprint density at radius 3 is 2.96 bits per heavy atom. The summed E-state index contributed by atoms with van der Waals surface area (Å²) < 4.78 is 28.7. The van der Waals surface area contributed by atoms with Crippen molar-refractivity contribution < 1.29 is 8.42 Å². The van der Waals surface area contributed by atoms with Gasteiger partial charge in [0.05, 0.1) is 18.8 Å². The highest BCUT2D eigenvalue weighted by atomic mass is 32.2. The molecule has 0 saturated heterocycles. The number of nitrogens with zero attached hydrogens (tertiary/aromatic N) is 4. The fourth-order valence-corrected chi connectivity index (χ4v) is 4.13. The minimum atomic E-state index is -3.26. The van der Waals surface area contributed by atoms with Crippen LogP contribution >= 0.6 is 0 Å². The summed E-state index contributed by atoms with van der Waals surface area (Å²) >= 11 is 0. The smallest absolute Gasteiger partial charge is 0.213 e. The van der Waals surface area contributed by atoms with Crippen molar-refractivity contribution >= 4 is 16.0 Å². The summed E-state index contributed by atoms with van der Waals surface area (Å²) in [6.07, 6.45) is 6.87. The van der Waals surface area contributed by atoms with Gasteiger partial charge in [0.2, 0.25) is 10.0 Å². The molecule has 1 aliphatic carbocycles. The Hall–Kier alpha value is -1.68. The van der Waals surface area contributed by atoms with Crippen molar-refractivity contribution in [1.82, 2.24) is 30.1 Å². The Bertz CT molecular complexity index is 712. The van der Waals surface area contributed by atoms with Crippen LogP contribution in [0.3, 0.4) is 0 Å². The van der Waals surface area contributed by atoms with Crippen LogP contribution in [0.5, 0.6) is 0 Å². The zero-order chi connectivity index (χ0) is 18.4. The molecule has 1 aromatic heterocycles. The van der Waals surface area contributed by atoms with Gasteiger partial charge >= 0.3 is 0 Å². The van der Waals surface area contributed by atoms with Gasteiger partial charge in [0.25, 0.3) is 0 Å². The van der Waals surface area contributed by atoms with E-state index in [4.69, 9.17) is 0 Å². The van der Waals surface area contributed by atoms with E-state index in [1.165, 1.54) is 6.42 Å². The third kappa shape index (κ3) is 5.41. The number of hydrogen-bond acceptors (Lipinski definition) is 5. The van der Waals surface area contributed by atoms with Crippen LogP contribution in [-0.2, 0) is 23.0 Å². The van der Waals surface area contributed by atoms with Gasteiger partial charge in [-0.3, -0.25) is 4.99 Å². The Kier molecular flexibility index (Phi) is 6.47. The van der Waals surface area contributed by atoms with Gasteiger partial charge in [-0.15, -0.1) is 0 Å². The number of hydrogen-bond donors (Lipinski definition) is 3. The van der Waals surface area contributed by atoms with Crippen molar-refractivity contribution in [2.45, 2.75) is 51.6 Å². The molecule has 1 unspecified atom stereocenters. The molecule has 0 aromatic carbocycles. The maximum atomic E-state index is 12.1. The molecule has 9 nitrogen and oxygen atoms in total. The Morgan fingerprint density at radius 1 is 1.38 bits per heavy atom. The average molecular weight is 384 g/mol. The number of aliphatic imine (C=N–C) groups is 1. The lowest BCUT2D eigenvalue weighted by Gasteiger charge is -2.25. The first-order valence-electron chi connectivity index (χ1n) is 9.44. The minimum Gasteiger partial charge on any atom is -0.357 e. The first kappa shape index (κ1) is 19.1. The molecule has 0 radical (unpaired) electrons. The van der Waals surface area contributed by atoms with Crippen molar-refractivity contribution in [1.29, 1.82) is 0 Å². The molecule has 3 rings (SSSR count). The fourth-order valence-electron chi connectivity index (χ4n) is 3.16. The van der Waals surface area contributed by atoms with Crippen molar-refractivity contribution in [3.8, 4) is 0 Å². The molecule has 0 spiro atoms. The standard InChI is InChI=1S/C16H29N7O2S/c1-2-17-16(22-14-6-7-15-19-12-20-23(15)11-14)18-8-9-26(24,25)21-10-13-4-3-5-13/h12-14,21H,2-11H2,1H3,(H2,17,18,22). The molecule has 0 amide bonds. The molecular formula is C16H29N7O2S. The highest BCUT2D eigenvalue weighted by Gasteiger charge is 2.21. The fraction of sp³-hybridized carbons (Fsp3) is 0.812. The van der Waals surface area contributed by atoms with Crippen LogP contribution in [-0.4, -0.2) is 60.6 Å². The quantitative estimate of drug-likeness (QED) is 0.426. The molecule has 10 heteroatoms. The topological polar surface area (TPSA) is 113 Å². The second kappa shape index (κ2) is 8.81. The Morgan fingerprint density at radius 2 is 2.23 bits per heavy atom. The van der Waals surface area contributed by atoms with Crippen LogP contribution in [0.1, 0.15) is 38.4 Å². The summed E-state index contributed by atoms with van der Waals surface area (Å²) in [4.78, 5) is 8.66. The zero-order valence-corrected chi connectivity index (χ0v) is 16.1. The number of nitrogens with one attached hydrogen (secondary N) is 3. The molecule has 1 aliphatic heterocycles. The van der Waals surface area contributed by atoms with E-state index in [9.17, 15) is 8.42 Å². The third-order valence-corrected chi connectivity index (χ3v) is 6.26. The molecule has 3 N–H and O–H groups in total. The van der Waals surface area contributed by atoms with Gasteiger partial charge in [0.1, 0.15) is 12.2 Å². The van der Waals surface area contributed by atoms with Crippen LogP contribution in [0.2, 0.25) is 0 Å². The maximum absolute atomic E-state index is 12.1. The second-order valence-electron chi connectivity index (χ2n) is 6.96. The molecule has 146 valence electrons. The van der Waals surface area contributed by atoms with Gasteiger partial charge in [0, 0.05) is 25.6 Å². The molecule has 1 saturated carbocycles. The second-order valence-corrected chi connectivity index (χ2v) is 8.89.